The van der Waals surface area contributed by atoms with Crippen LogP contribution in [0.3, 0.4) is 0 Å². The average Bonchev–Trinajstić information content (AvgIpc) is 2.29. The van der Waals surface area contributed by atoms with Gasteiger partial charge >= 0.3 is 5.69 Å². The van der Waals surface area contributed by atoms with Gasteiger partial charge in [-0.05, 0) is 12.5 Å². The molecule has 1 aromatic heterocycles. The van der Waals surface area contributed by atoms with E-state index in [1.54, 1.807) is 12.3 Å². The van der Waals surface area contributed by atoms with E-state index in [2.05, 4.69) is 17.2 Å². The van der Waals surface area contributed by atoms with Crippen LogP contribution in [-0.2, 0) is 0 Å². The molecule has 0 saturated carbocycles. The molecule has 16 heavy (non-hydrogen) atoms. The van der Waals surface area contributed by atoms with Gasteiger partial charge in [0, 0.05) is 18.8 Å². The zero-order chi connectivity index (χ0) is 11.8. The number of nitrogens with one attached hydrogen (secondary N) is 1. The number of unbranched alkanes of at least 4 members (excludes halogenated alkanes) is 3. The Hall–Kier alpha value is -1.65. The molecule has 0 aromatic carbocycles. The Morgan fingerprint density at radius 1 is 1.44 bits per heavy atom. The zero-order valence-corrected chi connectivity index (χ0v) is 9.48. The van der Waals surface area contributed by atoms with Crippen molar-refractivity contribution in [1.29, 1.82) is 0 Å². The molecule has 1 rings (SSSR count). The van der Waals surface area contributed by atoms with E-state index >= 15 is 0 Å². The van der Waals surface area contributed by atoms with E-state index in [-0.39, 0.29) is 5.69 Å². The number of hydrogen-bond donors (Lipinski definition) is 1. The first kappa shape index (κ1) is 12.4. The molecule has 0 amide bonds. The first-order chi connectivity index (χ1) is 7.75. The van der Waals surface area contributed by atoms with Crippen molar-refractivity contribution >= 4 is 11.5 Å². The molecule has 1 N–H and O–H groups in total. The van der Waals surface area contributed by atoms with Gasteiger partial charge in [0.2, 0.25) is 5.82 Å². The maximum atomic E-state index is 10.7. The molecule has 0 aliphatic rings. The number of anilines is 1. The second-order valence-electron chi connectivity index (χ2n) is 3.62. The molecule has 1 aromatic rings. The van der Waals surface area contributed by atoms with Crippen LogP contribution in [0.25, 0.3) is 0 Å². The van der Waals surface area contributed by atoms with Crippen LogP contribution in [0.15, 0.2) is 18.3 Å². The van der Waals surface area contributed by atoms with Crippen LogP contribution in [-0.4, -0.2) is 16.5 Å². The molecular formula is C11H17N3O2. The summed E-state index contributed by atoms with van der Waals surface area (Å²) < 4.78 is 0. The SMILES string of the molecule is CCCCCCNc1ncccc1[N+](=O)[O-]. The van der Waals surface area contributed by atoms with Gasteiger partial charge in [0.25, 0.3) is 0 Å². The number of pyridine rings is 1. The van der Waals surface area contributed by atoms with Crippen molar-refractivity contribution in [1.82, 2.24) is 4.98 Å². The van der Waals surface area contributed by atoms with Crippen molar-refractivity contribution in [2.24, 2.45) is 0 Å². The molecular weight excluding hydrogens is 206 g/mol. The molecule has 0 fully saturated rings. The van der Waals surface area contributed by atoms with E-state index in [4.69, 9.17) is 0 Å². The highest BCUT2D eigenvalue weighted by Crippen LogP contribution is 2.20. The van der Waals surface area contributed by atoms with Gasteiger partial charge in [0.15, 0.2) is 0 Å². The molecule has 0 aliphatic heterocycles. The molecule has 5 nitrogen and oxygen atoms in total. The van der Waals surface area contributed by atoms with Crippen molar-refractivity contribution in [2.45, 2.75) is 32.6 Å². The first-order valence-corrected chi connectivity index (χ1v) is 5.59. The molecule has 0 atom stereocenters. The normalized spacial score (nSPS) is 10.1. The summed E-state index contributed by atoms with van der Waals surface area (Å²) >= 11 is 0. The Bertz CT molecular complexity index is 342. The van der Waals surface area contributed by atoms with Crippen LogP contribution in [0.5, 0.6) is 0 Å². The summed E-state index contributed by atoms with van der Waals surface area (Å²) in [7, 11) is 0. The van der Waals surface area contributed by atoms with Gasteiger partial charge in [-0.2, -0.15) is 0 Å². The van der Waals surface area contributed by atoms with Crippen LogP contribution in [0.1, 0.15) is 32.6 Å². The van der Waals surface area contributed by atoms with E-state index in [9.17, 15) is 10.1 Å². The van der Waals surface area contributed by atoms with E-state index in [1.807, 2.05) is 0 Å². The zero-order valence-electron chi connectivity index (χ0n) is 9.48. The number of aromatic nitrogens is 1. The number of rotatable bonds is 7. The van der Waals surface area contributed by atoms with Gasteiger partial charge in [-0.15, -0.1) is 0 Å². The fraction of sp³-hybridized carbons (Fsp3) is 0.545. The number of nitro groups is 1. The highest BCUT2D eigenvalue weighted by Gasteiger charge is 2.12. The number of nitrogens with zero attached hydrogens (tertiary/aromatic N) is 2. The summed E-state index contributed by atoms with van der Waals surface area (Å²) in [5, 5.41) is 13.7. The third kappa shape index (κ3) is 3.84. The molecule has 0 aliphatic carbocycles. The summed E-state index contributed by atoms with van der Waals surface area (Å²) in [4.78, 5) is 14.2. The molecule has 0 saturated heterocycles. The Morgan fingerprint density at radius 3 is 2.94 bits per heavy atom. The fourth-order valence-electron chi connectivity index (χ4n) is 1.44. The van der Waals surface area contributed by atoms with Crippen molar-refractivity contribution in [3.05, 3.63) is 28.4 Å². The van der Waals surface area contributed by atoms with E-state index in [0.29, 0.717) is 5.82 Å². The quantitative estimate of drug-likeness (QED) is 0.438. The Morgan fingerprint density at radius 2 is 2.25 bits per heavy atom. The topological polar surface area (TPSA) is 68.1 Å². The summed E-state index contributed by atoms with van der Waals surface area (Å²) in [5.41, 5.74) is 0.0398. The van der Waals surface area contributed by atoms with Crippen molar-refractivity contribution in [3.63, 3.8) is 0 Å². The monoisotopic (exact) mass is 223 g/mol. The van der Waals surface area contributed by atoms with Gasteiger partial charge in [0.05, 0.1) is 4.92 Å². The van der Waals surface area contributed by atoms with Gasteiger partial charge < -0.3 is 5.32 Å². The predicted octanol–water partition coefficient (Wildman–Crippen LogP) is 2.98. The Balaban J connectivity index is 2.44. The fourth-order valence-corrected chi connectivity index (χ4v) is 1.44. The van der Waals surface area contributed by atoms with Crippen LogP contribution in [0.2, 0.25) is 0 Å². The predicted molar refractivity (Wildman–Crippen MR) is 63.5 cm³/mol. The second-order valence-corrected chi connectivity index (χ2v) is 3.62. The molecule has 0 bridgehead atoms. The largest absolute Gasteiger partial charge is 0.364 e. The number of hydrogen-bond acceptors (Lipinski definition) is 4. The molecule has 1 heterocycles. The van der Waals surface area contributed by atoms with Crippen molar-refractivity contribution in [2.75, 3.05) is 11.9 Å². The maximum Gasteiger partial charge on any atom is 0.311 e. The van der Waals surface area contributed by atoms with Crippen LogP contribution in [0.4, 0.5) is 11.5 Å². The summed E-state index contributed by atoms with van der Waals surface area (Å²) in [6.07, 6.45) is 6.10. The van der Waals surface area contributed by atoms with Crippen LogP contribution in [0, 0.1) is 10.1 Å². The van der Waals surface area contributed by atoms with Crippen molar-refractivity contribution < 1.29 is 4.92 Å². The Kier molecular flexibility index (Phi) is 5.25. The Labute approximate surface area is 95.0 Å². The summed E-state index contributed by atoms with van der Waals surface area (Å²) in [5.74, 6) is 0.365. The second kappa shape index (κ2) is 6.76. The van der Waals surface area contributed by atoms with Gasteiger partial charge in [0.1, 0.15) is 0 Å². The third-order valence-corrected chi connectivity index (χ3v) is 2.31. The van der Waals surface area contributed by atoms with Crippen molar-refractivity contribution in [3.8, 4) is 0 Å². The highest BCUT2D eigenvalue weighted by molar-refractivity contribution is 5.54. The summed E-state index contributed by atoms with van der Waals surface area (Å²) in [6, 6.07) is 3.03. The van der Waals surface area contributed by atoms with E-state index in [1.165, 1.54) is 18.9 Å². The third-order valence-electron chi connectivity index (χ3n) is 2.31. The van der Waals surface area contributed by atoms with E-state index in [0.717, 1.165) is 19.4 Å². The van der Waals surface area contributed by atoms with E-state index < -0.39 is 4.92 Å². The smallest absolute Gasteiger partial charge is 0.311 e. The van der Waals surface area contributed by atoms with Gasteiger partial charge in [-0.3, -0.25) is 10.1 Å². The minimum atomic E-state index is -0.415. The lowest BCUT2D eigenvalue weighted by molar-refractivity contribution is -0.384. The molecule has 0 radical (unpaired) electrons. The molecule has 0 unspecified atom stereocenters. The summed E-state index contributed by atoms with van der Waals surface area (Å²) in [6.45, 7) is 2.88. The first-order valence-electron chi connectivity index (χ1n) is 5.59. The van der Waals surface area contributed by atoms with Gasteiger partial charge in [-0.1, -0.05) is 26.2 Å². The van der Waals surface area contributed by atoms with Crippen LogP contribution < -0.4 is 5.32 Å². The minimum Gasteiger partial charge on any atom is -0.364 e. The molecule has 88 valence electrons. The maximum absolute atomic E-state index is 10.7. The standard InChI is InChI=1S/C11H17N3O2/c1-2-3-4-5-8-12-11-10(14(15)16)7-6-9-13-11/h6-7,9H,2-5,8H2,1H3,(H,12,13). The van der Waals surface area contributed by atoms with Crippen LogP contribution >= 0.6 is 0 Å². The highest BCUT2D eigenvalue weighted by atomic mass is 16.6. The lowest BCUT2D eigenvalue weighted by atomic mass is 10.2. The van der Waals surface area contributed by atoms with Gasteiger partial charge in [-0.25, -0.2) is 4.98 Å². The minimum absolute atomic E-state index is 0.0398. The lowest BCUT2D eigenvalue weighted by Gasteiger charge is -2.05. The molecule has 0 spiro atoms. The lowest BCUT2D eigenvalue weighted by Crippen LogP contribution is -2.05. The molecule has 5 heteroatoms. The average molecular weight is 223 g/mol.